The van der Waals surface area contributed by atoms with E-state index in [9.17, 15) is 28.5 Å². The van der Waals surface area contributed by atoms with Gasteiger partial charge in [-0.3, -0.25) is 15.4 Å². The lowest BCUT2D eigenvalue weighted by molar-refractivity contribution is -0.386. The molecule has 0 fully saturated rings. The Labute approximate surface area is 123 Å². The fourth-order valence-corrected chi connectivity index (χ4v) is 1.39. The largest absolute Gasteiger partial charge is 0.517 e. The first-order valence-electron chi connectivity index (χ1n) is 6.14. The molecule has 1 aromatic carbocycles. The van der Waals surface area contributed by atoms with Crippen LogP contribution in [0.4, 0.5) is 29.7 Å². The molecular formula is C12H12F2N2O6. The molecule has 1 N–H and O–H groups in total. The number of nitrogens with one attached hydrogen (secondary N) is 1. The lowest BCUT2D eigenvalue weighted by atomic mass is 10.2. The number of anilines is 1. The molecule has 0 aliphatic heterocycles. The van der Waals surface area contributed by atoms with Crippen molar-refractivity contribution >= 4 is 23.6 Å². The number of rotatable bonds is 5. The van der Waals surface area contributed by atoms with Gasteiger partial charge in [0.25, 0.3) is 0 Å². The normalized spacial score (nSPS) is 9.95. The number of benzene rings is 1. The molecule has 0 saturated carbocycles. The van der Waals surface area contributed by atoms with Crippen molar-refractivity contribution in [1.29, 1.82) is 0 Å². The van der Waals surface area contributed by atoms with Gasteiger partial charge in [0.05, 0.1) is 11.5 Å². The SMILES string of the molecule is CCCCOC(=O)OC(=O)Nc1cc(F)cc(F)c1[N+](=O)[O-]. The summed E-state index contributed by atoms with van der Waals surface area (Å²) in [4.78, 5) is 32.0. The predicted octanol–water partition coefficient (Wildman–Crippen LogP) is 3.36. The second kappa shape index (κ2) is 7.86. The second-order valence-electron chi connectivity index (χ2n) is 4.01. The third-order valence-corrected chi connectivity index (χ3v) is 2.34. The number of carbonyl (C=O) groups is 2. The van der Waals surface area contributed by atoms with Crippen molar-refractivity contribution in [2.45, 2.75) is 19.8 Å². The third-order valence-electron chi connectivity index (χ3n) is 2.34. The average Bonchev–Trinajstić information content (AvgIpc) is 2.37. The van der Waals surface area contributed by atoms with Gasteiger partial charge in [-0.15, -0.1) is 0 Å². The summed E-state index contributed by atoms with van der Waals surface area (Å²) in [6.07, 6.45) is -1.49. The molecule has 0 aromatic heterocycles. The lowest BCUT2D eigenvalue weighted by Gasteiger charge is -2.07. The van der Waals surface area contributed by atoms with Crippen LogP contribution in [0.1, 0.15) is 19.8 Å². The zero-order valence-electron chi connectivity index (χ0n) is 11.4. The molecule has 10 heteroatoms. The average molecular weight is 318 g/mol. The van der Waals surface area contributed by atoms with Gasteiger partial charge in [0.1, 0.15) is 11.5 Å². The molecule has 0 spiro atoms. The van der Waals surface area contributed by atoms with E-state index in [-0.39, 0.29) is 12.7 Å². The Morgan fingerprint density at radius 3 is 2.64 bits per heavy atom. The van der Waals surface area contributed by atoms with E-state index in [1.807, 2.05) is 6.92 Å². The smallest absolute Gasteiger partial charge is 0.434 e. The number of halogens is 2. The number of ether oxygens (including phenoxy) is 2. The van der Waals surface area contributed by atoms with Crippen LogP contribution in [-0.4, -0.2) is 23.8 Å². The molecule has 0 saturated heterocycles. The highest BCUT2D eigenvalue weighted by atomic mass is 19.1. The summed E-state index contributed by atoms with van der Waals surface area (Å²) < 4.78 is 35.0. The lowest BCUT2D eigenvalue weighted by Crippen LogP contribution is -2.20. The molecule has 120 valence electrons. The van der Waals surface area contributed by atoms with Crippen molar-refractivity contribution in [2.24, 2.45) is 0 Å². The molecule has 0 atom stereocenters. The Morgan fingerprint density at radius 2 is 2.05 bits per heavy atom. The minimum atomic E-state index is -1.48. The molecule has 22 heavy (non-hydrogen) atoms. The fourth-order valence-electron chi connectivity index (χ4n) is 1.39. The van der Waals surface area contributed by atoms with E-state index in [1.165, 1.54) is 0 Å². The molecule has 1 amide bonds. The predicted molar refractivity (Wildman–Crippen MR) is 69.4 cm³/mol. The molecule has 1 aromatic rings. The zero-order valence-corrected chi connectivity index (χ0v) is 11.4. The molecule has 8 nitrogen and oxygen atoms in total. The Hall–Kier alpha value is -2.78. The van der Waals surface area contributed by atoms with Crippen LogP contribution >= 0.6 is 0 Å². The molecule has 0 heterocycles. The number of amides is 1. The van der Waals surface area contributed by atoms with Crippen LogP contribution in [0.25, 0.3) is 0 Å². The van der Waals surface area contributed by atoms with E-state index < -0.39 is 40.2 Å². The molecule has 1 rings (SSSR count). The van der Waals surface area contributed by atoms with Crippen molar-refractivity contribution in [2.75, 3.05) is 11.9 Å². The summed E-state index contributed by atoms with van der Waals surface area (Å²) in [6, 6.07) is 0.804. The molecule has 0 bridgehead atoms. The van der Waals surface area contributed by atoms with Gasteiger partial charge >= 0.3 is 17.9 Å². The number of nitro benzene ring substituents is 1. The molecule has 0 aliphatic carbocycles. The quantitative estimate of drug-likeness (QED) is 0.293. The maximum atomic E-state index is 13.3. The fraction of sp³-hybridized carbons (Fsp3) is 0.333. The van der Waals surface area contributed by atoms with Gasteiger partial charge < -0.3 is 9.47 Å². The van der Waals surface area contributed by atoms with Crippen LogP contribution in [0.5, 0.6) is 0 Å². The topological polar surface area (TPSA) is 108 Å². The Kier molecular flexibility index (Phi) is 6.17. The Balaban J connectivity index is 2.76. The van der Waals surface area contributed by atoms with E-state index in [4.69, 9.17) is 0 Å². The minimum Gasteiger partial charge on any atom is -0.434 e. The summed E-state index contributed by atoms with van der Waals surface area (Å²) in [6.45, 7) is 1.87. The summed E-state index contributed by atoms with van der Waals surface area (Å²) in [5, 5.41) is 12.4. The zero-order chi connectivity index (χ0) is 16.7. The highest BCUT2D eigenvalue weighted by Crippen LogP contribution is 2.28. The van der Waals surface area contributed by atoms with Crippen LogP contribution in [0.15, 0.2) is 12.1 Å². The van der Waals surface area contributed by atoms with Gasteiger partial charge in [0, 0.05) is 12.1 Å². The van der Waals surface area contributed by atoms with Crippen molar-refractivity contribution in [3.05, 3.63) is 33.9 Å². The molecule has 0 radical (unpaired) electrons. The van der Waals surface area contributed by atoms with Crippen LogP contribution in [0.2, 0.25) is 0 Å². The molecular weight excluding hydrogens is 306 g/mol. The van der Waals surface area contributed by atoms with Crippen molar-refractivity contribution < 1.29 is 32.8 Å². The number of carbonyl (C=O) groups excluding carboxylic acids is 2. The van der Waals surface area contributed by atoms with E-state index in [0.29, 0.717) is 12.5 Å². The van der Waals surface area contributed by atoms with Crippen LogP contribution in [-0.2, 0) is 9.47 Å². The summed E-state index contributed by atoms with van der Waals surface area (Å²) in [5.74, 6) is -2.63. The van der Waals surface area contributed by atoms with Crippen molar-refractivity contribution in [3.63, 3.8) is 0 Å². The van der Waals surface area contributed by atoms with Gasteiger partial charge in [-0.05, 0) is 6.42 Å². The number of unbranched alkanes of at least 4 members (excludes halogenated alkanes) is 1. The molecule has 0 aliphatic rings. The number of hydrogen-bond donors (Lipinski definition) is 1. The first-order chi connectivity index (χ1) is 10.3. The van der Waals surface area contributed by atoms with E-state index in [0.717, 1.165) is 6.42 Å². The number of nitro groups is 1. The summed E-state index contributed by atoms with van der Waals surface area (Å²) >= 11 is 0. The van der Waals surface area contributed by atoms with Crippen LogP contribution in [0, 0.1) is 21.7 Å². The number of nitrogens with zero attached hydrogens (tertiary/aromatic N) is 1. The van der Waals surface area contributed by atoms with Crippen LogP contribution in [0.3, 0.4) is 0 Å². The summed E-state index contributed by atoms with van der Waals surface area (Å²) in [5.41, 5.74) is -1.94. The first kappa shape index (κ1) is 17.3. The van der Waals surface area contributed by atoms with Gasteiger partial charge in [0.2, 0.25) is 5.82 Å². The Bertz CT molecular complexity index is 593. The maximum Gasteiger partial charge on any atom is 0.517 e. The van der Waals surface area contributed by atoms with Gasteiger partial charge in [-0.1, -0.05) is 13.3 Å². The highest BCUT2D eigenvalue weighted by Gasteiger charge is 2.24. The third kappa shape index (κ3) is 4.96. The van der Waals surface area contributed by atoms with Crippen molar-refractivity contribution in [1.82, 2.24) is 0 Å². The summed E-state index contributed by atoms with van der Waals surface area (Å²) in [7, 11) is 0. The van der Waals surface area contributed by atoms with Gasteiger partial charge in [-0.2, -0.15) is 4.39 Å². The van der Waals surface area contributed by atoms with E-state index >= 15 is 0 Å². The molecule has 0 unspecified atom stereocenters. The first-order valence-corrected chi connectivity index (χ1v) is 6.14. The van der Waals surface area contributed by atoms with Crippen molar-refractivity contribution in [3.8, 4) is 0 Å². The minimum absolute atomic E-state index is 0.0252. The van der Waals surface area contributed by atoms with Crippen LogP contribution < -0.4 is 5.32 Å². The van der Waals surface area contributed by atoms with E-state index in [2.05, 4.69) is 9.47 Å². The van der Waals surface area contributed by atoms with Gasteiger partial charge in [-0.25, -0.2) is 14.0 Å². The maximum absolute atomic E-state index is 13.3. The van der Waals surface area contributed by atoms with E-state index in [1.54, 1.807) is 5.32 Å². The number of hydrogen-bond acceptors (Lipinski definition) is 6. The monoisotopic (exact) mass is 318 g/mol. The highest BCUT2D eigenvalue weighted by molar-refractivity contribution is 5.93. The Morgan fingerprint density at radius 1 is 1.36 bits per heavy atom. The van der Waals surface area contributed by atoms with Gasteiger partial charge in [0.15, 0.2) is 0 Å². The second-order valence-corrected chi connectivity index (χ2v) is 4.01. The standard InChI is InChI=1S/C12H12F2N2O6/c1-2-3-4-21-12(18)22-11(17)15-9-6-7(13)5-8(14)10(9)16(19)20/h5-6H,2-4H2,1H3,(H,15,17).